The highest BCUT2D eigenvalue weighted by atomic mass is 32.1. The first-order valence-electron chi connectivity index (χ1n) is 8.91. The van der Waals surface area contributed by atoms with Crippen molar-refractivity contribution >= 4 is 28.7 Å². The molecule has 0 saturated carbocycles. The lowest BCUT2D eigenvalue weighted by atomic mass is 10.2. The lowest BCUT2D eigenvalue weighted by Crippen LogP contribution is -2.09. The first kappa shape index (κ1) is 22.2. The number of anilines is 1. The van der Waals surface area contributed by atoms with Crippen LogP contribution in [0.2, 0.25) is 0 Å². The summed E-state index contributed by atoms with van der Waals surface area (Å²) < 4.78 is 48.7. The zero-order valence-corrected chi connectivity index (χ0v) is 16.9. The first-order valence-corrected chi connectivity index (χ1v) is 9.79. The van der Waals surface area contributed by atoms with Gasteiger partial charge in [0.15, 0.2) is 5.69 Å². The van der Waals surface area contributed by atoms with Crippen molar-refractivity contribution in [1.29, 1.82) is 0 Å². The van der Waals surface area contributed by atoms with E-state index in [0.29, 0.717) is 23.0 Å². The van der Waals surface area contributed by atoms with E-state index >= 15 is 0 Å². The van der Waals surface area contributed by atoms with Gasteiger partial charge in [0.25, 0.3) is 0 Å². The van der Waals surface area contributed by atoms with Crippen LogP contribution in [0.15, 0.2) is 47.0 Å². The fourth-order valence-corrected chi connectivity index (χ4v) is 2.94. The number of ether oxygens (including phenoxy) is 2. The highest BCUT2D eigenvalue weighted by Gasteiger charge is 2.33. The number of thiazole rings is 1. The molecule has 31 heavy (non-hydrogen) atoms. The van der Waals surface area contributed by atoms with E-state index in [1.54, 1.807) is 36.6 Å². The largest absolute Gasteiger partial charge is 0.466 e. The Bertz CT molecular complexity index is 1070. The molecule has 1 N–H and O–H groups in total. The van der Waals surface area contributed by atoms with Crippen molar-refractivity contribution in [1.82, 2.24) is 15.0 Å². The minimum atomic E-state index is -4.61. The summed E-state index contributed by atoms with van der Waals surface area (Å²) in [6.07, 6.45) is -2.16. The van der Waals surface area contributed by atoms with Gasteiger partial charge in [-0.15, -0.1) is 11.3 Å². The van der Waals surface area contributed by atoms with Crippen LogP contribution in [0.5, 0.6) is 11.8 Å². The minimum Gasteiger partial charge on any atom is -0.466 e. The number of rotatable bonds is 8. The van der Waals surface area contributed by atoms with E-state index < -0.39 is 17.9 Å². The molecule has 2 aromatic heterocycles. The SMILES string of the molecule is CCOC(=O)Cc1csc(NN=Cc2ccccc2Oc2nccc(C(F)(F)F)n2)n1. The Morgan fingerprint density at radius 2 is 2.06 bits per heavy atom. The number of aromatic nitrogens is 3. The summed E-state index contributed by atoms with van der Waals surface area (Å²) in [5.41, 5.74) is 2.64. The summed E-state index contributed by atoms with van der Waals surface area (Å²) >= 11 is 1.25. The summed E-state index contributed by atoms with van der Waals surface area (Å²) in [7, 11) is 0. The van der Waals surface area contributed by atoms with Gasteiger partial charge in [0, 0.05) is 17.1 Å². The maximum absolute atomic E-state index is 12.8. The number of para-hydroxylation sites is 1. The van der Waals surface area contributed by atoms with Crippen molar-refractivity contribution in [3.63, 3.8) is 0 Å². The van der Waals surface area contributed by atoms with Gasteiger partial charge in [0.2, 0.25) is 5.13 Å². The van der Waals surface area contributed by atoms with Gasteiger partial charge >= 0.3 is 18.2 Å². The molecule has 2 heterocycles. The number of carbonyl (C=O) groups excluding carboxylic acids is 1. The van der Waals surface area contributed by atoms with E-state index in [2.05, 4.69) is 25.5 Å². The van der Waals surface area contributed by atoms with Crippen molar-refractivity contribution in [2.45, 2.75) is 19.5 Å². The van der Waals surface area contributed by atoms with Gasteiger partial charge in [-0.25, -0.2) is 9.97 Å². The maximum atomic E-state index is 12.8. The molecule has 12 heteroatoms. The molecule has 0 unspecified atom stereocenters. The number of hydrogen-bond acceptors (Lipinski definition) is 9. The second kappa shape index (κ2) is 9.98. The van der Waals surface area contributed by atoms with E-state index in [0.717, 1.165) is 12.3 Å². The topological polar surface area (TPSA) is 98.6 Å². The van der Waals surface area contributed by atoms with Crippen LogP contribution in [0.25, 0.3) is 0 Å². The van der Waals surface area contributed by atoms with Crippen molar-refractivity contribution in [2.24, 2.45) is 5.10 Å². The van der Waals surface area contributed by atoms with Crippen LogP contribution in [-0.2, 0) is 22.1 Å². The molecule has 0 aliphatic carbocycles. The summed E-state index contributed by atoms with van der Waals surface area (Å²) in [6.45, 7) is 2.02. The summed E-state index contributed by atoms with van der Waals surface area (Å²) in [5.74, 6) is -0.153. The lowest BCUT2D eigenvalue weighted by Gasteiger charge is -2.09. The number of halogens is 3. The summed E-state index contributed by atoms with van der Waals surface area (Å²) in [5, 5.41) is 6.21. The Balaban J connectivity index is 1.67. The molecule has 8 nitrogen and oxygen atoms in total. The van der Waals surface area contributed by atoms with Gasteiger partial charge in [-0.2, -0.15) is 23.3 Å². The van der Waals surface area contributed by atoms with Crippen LogP contribution in [-0.4, -0.2) is 33.7 Å². The standard InChI is InChI=1S/C19H16F3N5O3S/c1-2-29-16(28)9-13-11-31-18(25-13)27-24-10-12-5-3-4-6-14(12)30-17-23-8-7-15(26-17)19(20,21)22/h3-8,10-11H,2,9H2,1H3,(H,25,27). The molecule has 1 aromatic carbocycles. The number of alkyl halides is 3. The molecular weight excluding hydrogens is 435 g/mol. The zero-order chi connectivity index (χ0) is 22.3. The predicted octanol–water partition coefficient (Wildman–Crippen LogP) is 4.30. The molecule has 0 bridgehead atoms. The average molecular weight is 451 g/mol. The fraction of sp³-hybridized carbons (Fsp3) is 0.211. The number of carbonyl (C=O) groups is 1. The quantitative estimate of drug-likeness (QED) is 0.310. The van der Waals surface area contributed by atoms with Crippen LogP contribution < -0.4 is 10.2 Å². The van der Waals surface area contributed by atoms with Crippen LogP contribution in [0, 0.1) is 0 Å². The smallest absolute Gasteiger partial charge is 0.433 e. The van der Waals surface area contributed by atoms with Gasteiger partial charge in [0.1, 0.15) is 5.75 Å². The monoisotopic (exact) mass is 451 g/mol. The molecule has 0 aliphatic heterocycles. The summed E-state index contributed by atoms with van der Waals surface area (Å²) in [6, 6.07) is 6.88. The van der Waals surface area contributed by atoms with E-state index in [-0.39, 0.29) is 18.1 Å². The average Bonchev–Trinajstić information content (AvgIpc) is 3.16. The molecule has 3 aromatic rings. The van der Waals surface area contributed by atoms with Crippen molar-refractivity contribution in [2.75, 3.05) is 12.0 Å². The maximum Gasteiger partial charge on any atom is 0.433 e. The molecule has 0 aliphatic rings. The van der Waals surface area contributed by atoms with Crippen molar-refractivity contribution in [3.05, 3.63) is 58.9 Å². The second-order valence-electron chi connectivity index (χ2n) is 5.86. The van der Waals surface area contributed by atoms with E-state index in [9.17, 15) is 18.0 Å². The number of nitrogens with zero attached hydrogens (tertiary/aromatic N) is 4. The normalized spacial score (nSPS) is 11.5. The number of hydrazone groups is 1. The molecule has 0 amide bonds. The van der Waals surface area contributed by atoms with E-state index in [1.165, 1.54) is 17.6 Å². The van der Waals surface area contributed by atoms with Crippen molar-refractivity contribution < 1.29 is 27.4 Å². The van der Waals surface area contributed by atoms with Crippen LogP contribution >= 0.6 is 11.3 Å². The minimum absolute atomic E-state index is 0.0589. The summed E-state index contributed by atoms with van der Waals surface area (Å²) in [4.78, 5) is 22.8. The lowest BCUT2D eigenvalue weighted by molar-refractivity contribution is -0.142. The van der Waals surface area contributed by atoms with Gasteiger partial charge in [-0.1, -0.05) is 12.1 Å². The first-order chi connectivity index (χ1) is 14.8. The Labute approximate surface area is 178 Å². The highest BCUT2D eigenvalue weighted by molar-refractivity contribution is 7.13. The second-order valence-corrected chi connectivity index (χ2v) is 6.72. The molecule has 3 rings (SSSR count). The molecular formula is C19H16F3N5O3S. The Kier molecular flexibility index (Phi) is 7.13. The molecule has 0 saturated heterocycles. The number of esters is 1. The Hall–Kier alpha value is -3.54. The molecule has 0 atom stereocenters. The molecule has 0 radical (unpaired) electrons. The Morgan fingerprint density at radius 3 is 2.84 bits per heavy atom. The number of benzene rings is 1. The molecule has 0 spiro atoms. The number of nitrogens with one attached hydrogen (secondary N) is 1. The van der Waals surface area contributed by atoms with Gasteiger partial charge in [0.05, 0.1) is 24.9 Å². The van der Waals surface area contributed by atoms with Crippen LogP contribution in [0.1, 0.15) is 23.9 Å². The number of hydrogen-bond donors (Lipinski definition) is 1. The van der Waals surface area contributed by atoms with Gasteiger partial charge in [-0.3, -0.25) is 10.2 Å². The molecule has 162 valence electrons. The third kappa shape index (κ3) is 6.47. The Morgan fingerprint density at radius 1 is 1.26 bits per heavy atom. The third-order valence-corrected chi connectivity index (χ3v) is 4.39. The van der Waals surface area contributed by atoms with Gasteiger partial charge < -0.3 is 9.47 Å². The predicted molar refractivity (Wildman–Crippen MR) is 107 cm³/mol. The van der Waals surface area contributed by atoms with E-state index in [4.69, 9.17) is 9.47 Å². The van der Waals surface area contributed by atoms with Gasteiger partial charge in [-0.05, 0) is 25.1 Å². The fourth-order valence-electron chi connectivity index (χ4n) is 2.28. The van der Waals surface area contributed by atoms with Crippen LogP contribution in [0.4, 0.5) is 18.3 Å². The molecule has 0 fully saturated rings. The van der Waals surface area contributed by atoms with Crippen molar-refractivity contribution in [3.8, 4) is 11.8 Å². The third-order valence-electron chi connectivity index (χ3n) is 3.59. The van der Waals surface area contributed by atoms with Crippen LogP contribution in [0.3, 0.4) is 0 Å². The van der Waals surface area contributed by atoms with E-state index in [1.807, 2.05) is 0 Å². The highest BCUT2D eigenvalue weighted by Crippen LogP contribution is 2.29. The zero-order valence-electron chi connectivity index (χ0n) is 16.1.